The van der Waals surface area contributed by atoms with E-state index in [1.165, 1.54) is 11.3 Å². The minimum atomic E-state index is -0.656. The van der Waals surface area contributed by atoms with Crippen LogP contribution in [0, 0.1) is 0 Å². The summed E-state index contributed by atoms with van der Waals surface area (Å²) < 4.78 is 0. The second-order valence-corrected chi connectivity index (χ2v) is 6.95. The lowest BCUT2D eigenvalue weighted by Crippen LogP contribution is -2.42. The number of rotatable bonds is 3. The van der Waals surface area contributed by atoms with E-state index in [1.807, 2.05) is 30.3 Å². The van der Waals surface area contributed by atoms with Crippen molar-refractivity contribution < 1.29 is 9.59 Å². The average Bonchev–Trinajstić information content (AvgIpc) is 3.32. The van der Waals surface area contributed by atoms with Crippen molar-refractivity contribution in [2.75, 3.05) is 11.9 Å². The van der Waals surface area contributed by atoms with Crippen LogP contribution in [-0.2, 0) is 29.0 Å². The molecule has 2 amide bonds. The summed E-state index contributed by atoms with van der Waals surface area (Å²) in [6, 6.07) is 10.1. The Morgan fingerprint density at radius 1 is 1.27 bits per heavy atom. The Bertz CT molecular complexity index is 920. The summed E-state index contributed by atoms with van der Waals surface area (Å²) >= 11 is 1.28. The summed E-state index contributed by atoms with van der Waals surface area (Å²) in [6.45, 7) is 0.877. The van der Waals surface area contributed by atoms with Crippen molar-refractivity contribution in [3.63, 3.8) is 0 Å². The van der Waals surface area contributed by atoms with Gasteiger partial charge in [0.05, 0.1) is 5.69 Å². The second kappa shape index (κ2) is 7.09. The van der Waals surface area contributed by atoms with Crippen molar-refractivity contribution in [1.82, 2.24) is 20.1 Å². The summed E-state index contributed by atoms with van der Waals surface area (Å²) in [5.74, 6) is -1.20. The molecule has 2 aromatic heterocycles. The van der Waals surface area contributed by atoms with Gasteiger partial charge in [-0.05, 0) is 5.56 Å². The van der Waals surface area contributed by atoms with E-state index in [9.17, 15) is 9.59 Å². The summed E-state index contributed by atoms with van der Waals surface area (Å²) in [7, 11) is 0. The van der Waals surface area contributed by atoms with E-state index in [-0.39, 0.29) is 0 Å². The molecule has 0 saturated heterocycles. The molecule has 1 aliphatic heterocycles. The number of carbonyl (C=O) groups excluding carboxylic acids is 2. The molecular formula is C18H17N5O2S. The number of amides is 2. The molecule has 8 heteroatoms. The van der Waals surface area contributed by atoms with Gasteiger partial charge in [0, 0.05) is 48.8 Å². The highest BCUT2D eigenvalue weighted by Gasteiger charge is 2.29. The quantitative estimate of drug-likeness (QED) is 0.693. The van der Waals surface area contributed by atoms with E-state index in [2.05, 4.69) is 20.5 Å². The fourth-order valence-corrected chi connectivity index (χ4v) is 3.57. The fourth-order valence-electron chi connectivity index (χ4n) is 3.04. The van der Waals surface area contributed by atoms with Crippen LogP contribution in [-0.4, -0.2) is 38.4 Å². The summed E-state index contributed by atoms with van der Waals surface area (Å²) in [4.78, 5) is 30.2. The average molecular weight is 367 g/mol. The Morgan fingerprint density at radius 3 is 2.88 bits per heavy atom. The Labute approximate surface area is 154 Å². The van der Waals surface area contributed by atoms with Gasteiger partial charge in [0.15, 0.2) is 5.13 Å². The number of aromatic amines is 1. The van der Waals surface area contributed by atoms with Gasteiger partial charge in [-0.1, -0.05) is 30.3 Å². The maximum absolute atomic E-state index is 12.5. The van der Waals surface area contributed by atoms with Gasteiger partial charge in [-0.25, -0.2) is 4.98 Å². The second-order valence-electron chi connectivity index (χ2n) is 6.06. The van der Waals surface area contributed by atoms with Crippen LogP contribution in [0.4, 0.5) is 5.13 Å². The highest BCUT2D eigenvalue weighted by molar-refractivity contribution is 7.13. The maximum Gasteiger partial charge on any atom is 0.315 e. The largest absolute Gasteiger partial charge is 0.330 e. The van der Waals surface area contributed by atoms with Crippen molar-refractivity contribution >= 4 is 28.3 Å². The van der Waals surface area contributed by atoms with Crippen LogP contribution in [0.15, 0.2) is 41.9 Å². The molecule has 0 fully saturated rings. The minimum absolute atomic E-state index is 0.387. The first-order valence-electron chi connectivity index (χ1n) is 8.29. The molecule has 0 saturated carbocycles. The number of hydrogen-bond donors (Lipinski definition) is 2. The Kier molecular flexibility index (Phi) is 4.49. The predicted octanol–water partition coefficient (Wildman–Crippen LogP) is 1.98. The molecule has 0 unspecified atom stereocenters. The minimum Gasteiger partial charge on any atom is -0.330 e. The molecule has 7 nitrogen and oxygen atoms in total. The molecule has 3 aromatic rings. The number of nitrogens with zero attached hydrogens (tertiary/aromatic N) is 3. The van der Waals surface area contributed by atoms with Crippen molar-refractivity contribution in [2.24, 2.45) is 0 Å². The third-order valence-electron chi connectivity index (χ3n) is 4.37. The SMILES string of the molecule is O=C(Nc1nccs1)C(=O)N1CCc2[nH]nc(Cc3ccccc3)c2C1. The van der Waals surface area contributed by atoms with Crippen LogP contribution in [0.1, 0.15) is 22.5 Å². The van der Waals surface area contributed by atoms with Gasteiger partial charge in [0.2, 0.25) is 0 Å². The van der Waals surface area contributed by atoms with E-state index < -0.39 is 11.8 Å². The summed E-state index contributed by atoms with van der Waals surface area (Å²) in [6.07, 6.45) is 2.94. The van der Waals surface area contributed by atoms with E-state index in [1.54, 1.807) is 16.5 Å². The van der Waals surface area contributed by atoms with Gasteiger partial charge in [-0.2, -0.15) is 5.10 Å². The van der Waals surface area contributed by atoms with Crippen LogP contribution in [0.25, 0.3) is 0 Å². The number of benzene rings is 1. The number of carbonyl (C=O) groups is 2. The predicted molar refractivity (Wildman–Crippen MR) is 97.7 cm³/mol. The number of fused-ring (bicyclic) bond motifs is 1. The third kappa shape index (κ3) is 3.36. The molecule has 4 rings (SSSR count). The Balaban J connectivity index is 1.47. The monoisotopic (exact) mass is 367 g/mol. The molecule has 132 valence electrons. The summed E-state index contributed by atoms with van der Waals surface area (Å²) in [5, 5.41) is 12.2. The van der Waals surface area contributed by atoms with Crippen molar-refractivity contribution in [1.29, 1.82) is 0 Å². The first kappa shape index (κ1) is 16.5. The smallest absolute Gasteiger partial charge is 0.315 e. The fraction of sp³-hybridized carbons (Fsp3) is 0.222. The highest BCUT2D eigenvalue weighted by atomic mass is 32.1. The third-order valence-corrected chi connectivity index (χ3v) is 5.06. The lowest BCUT2D eigenvalue weighted by molar-refractivity contribution is -0.143. The van der Waals surface area contributed by atoms with Gasteiger partial charge in [0.1, 0.15) is 0 Å². The summed E-state index contributed by atoms with van der Waals surface area (Å²) in [5.41, 5.74) is 4.13. The zero-order valence-electron chi connectivity index (χ0n) is 13.9. The molecule has 3 heterocycles. The topological polar surface area (TPSA) is 91.0 Å². The highest BCUT2D eigenvalue weighted by Crippen LogP contribution is 2.23. The molecule has 1 aromatic carbocycles. The maximum atomic E-state index is 12.5. The van der Waals surface area contributed by atoms with Crippen LogP contribution < -0.4 is 5.32 Å². The lowest BCUT2D eigenvalue weighted by Gasteiger charge is -2.26. The van der Waals surface area contributed by atoms with E-state index in [0.29, 0.717) is 31.1 Å². The molecule has 2 N–H and O–H groups in total. The molecule has 0 bridgehead atoms. The van der Waals surface area contributed by atoms with E-state index >= 15 is 0 Å². The van der Waals surface area contributed by atoms with E-state index in [0.717, 1.165) is 22.5 Å². The van der Waals surface area contributed by atoms with Crippen molar-refractivity contribution in [2.45, 2.75) is 19.4 Å². The number of thiazole rings is 1. The zero-order valence-corrected chi connectivity index (χ0v) is 14.8. The van der Waals surface area contributed by atoms with Crippen LogP contribution in [0.2, 0.25) is 0 Å². The number of H-pyrrole nitrogens is 1. The first-order chi connectivity index (χ1) is 12.7. The molecule has 1 aliphatic rings. The van der Waals surface area contributed by atoms with Crippen LogP contribution in [0.3, 0.4) is 0 Å². The lowest BCUT2D eigenvalue weighted by atomic mass is 10.0. The number of aromatic nitrogens is 3. The van der Waals surface area contributed by atoms with Crippen molar-refractivity contribution in [3.05, 3.63) is 64.4 Å². The molecule has 26 heavy (non-hydrogen) atoms. The molecule has 0 radical (unpaired) electrons. The van der Waals surface area contributed by atoms with Gasteiger partial charge in [-0.3, -0.25) is 20.0 Å². The van der Waals surface area contributed by atoms with Gasteiger partial charge in [0.25, 0.3) is 0 Å². The standard InChI is InChI=1S/C18H17N5O2S/c24-16(20-18-19-7-9-26-18)17(25)23-8-6-14-13(11-23)15(22-21-14)10-12-4-2-1-3-5-12/h1-5,7,9H,6,8,10-11H2,(H,21,22)(H,19,20,24). The van der Waals surface area contributed by atoms with Gasteiger partial charge in [-0.15, -0.1) is 11.3 Å². The van der Waals surface area contributed by atoms with Crippen LogP contribution >= 0.6 is 11.3 Å². The molecule has 0 atom stereocenters. The number of anilines is 1. The first-order valence-corrected chi connectivity index (χ1v) is 9.17. The molecule has 0 spiro atoms. The van der Waals surface area contributed by atoms with Crippen molar-refractivity contribution in [3.8, 4) is 0 Å². The Hall–Kier alpha value is -3.00. The Morgan fingerprint density at radius 2 is 2.12 bits per heavy atom. The normalized spacial score (nSPS) is 13.3. The molecular weight excluding hydrogens is 350 g/mol. The van der Waals surface area contributed by atoms with E-state index in [4.69, 9.17) is 0 Å². The number of nitrogens with one attached hydrogen (secondary N) is 2. The van der Waals surface area contributed by atoms with Gasteiger partial charge >= 0.3 is 11.8 Å². The zero-order chi connectivity index (χ0) is 17.9. The van der Waals surface area contributed by atoms with Gasteiger partial charge < -0.3 is 4.90 Å². The number of hydrogen-bond acceptors (Lipinski definition) is 5. The molecule has 0 aliphatic carbocycles. The van der Waals surface area contributed by atoms with Crippen LogP contribution in [0.5, 0.6) is 0 Å².